The summed E-state index contributed by atoms with van der Waals surface area (Å²) in [6.07, 6.45) is 3.40. The van der Waals surface area contributed by atoms with Crippen molar-refractivity contribution in [3.05, 3.63) is 54.1 Å². The molecule has 2 aromatic rings. The molecule has 0 radical (unpaired) electrons. The number of hydrogen-bond acceptors (Lipinski definition) is 4. The Balaban J connectivity index is 1.80. The molecule has 3 nitrogen and oxygen atoms in total. The largest absolute Gasteiger partial charge is 0.494 e. The highest BCUT2D eigenvalue weighted by Gasteiger charge is 2.90. The van der Waals surface area contributed by atoms with Crippen LogP contribution in [-0.4, -0.2) is 54.1 Å². The Kier molecular flexibility index (Phi) is 16.3. The molecule has 17 heteroatoms. The molecule has 0 N–H and O–H groups in total. The van der Waals surface area contributed by atoms with E-state index >= 15 is 0 Å². The van der Waals surface area contributed by atoms with Crippen LogP contribution < -0.4 is 9.47 Å². The van der Waals surface area contributed by atoms with Crippen molar-refractivity contribution in [2.45, 2.75) is 125 Å². The Bertz CT molecular complexity index is 1330. The van der Waals surface area contributed by atoms with Gasteiger partial charge in [-0.25, -0.2) is 4.79 Å². The van der Waals surface area contributed by atoms with Crippen LogP contribution in [0.2, 0.25) is 0 Å². The van der Waals surface area contributed by atoms with Crippen molar-refractivity contribution in [1.29, 1.82) is 0 Å². The van der Waals surface area contributed by atoms with Gasteiger partial charge in [0.1, 0.15) is 11.5 Å². The molecule has 0 aromatic heterocycles. The average molecular weight is 775 g/mol. The van der Waals surface area contributed by atoms with Gasteiger partial charge in [0.15, 0.2) is 0 Å². The molecule has 0 saturated heterocycles. The van der Waals surface area contributed by atoms with Gasteiger partial charge in [-0.3, -0.25) is 0 Å². The van der Waals surface area contributed by atoms with Crippen LogP contribution in [0.5, 0.6) is 11.5 Å². The number of ether oxygens (including phenoxy) is 2. The van der Waals surface area contributed by atoms with Crippen LogP contribution in [0.3, 0.4) is 0 Å². The van der Waals surface area contributed by atoms with Crippen LogP contribution in [0.15, 0.2) is 53.4 Å². The Hall–Kier alpha value is -2.85. The first-order valence-corrected chi connectivity index (χ1v) is 17.2. The number of halogens is 13. The van der Waals surface area contributed by atoms with Crippen molar-refractivity contribution < 1.29 is 71.3 Å². The zero-order valence-corrected chi connectivity index (χ0v) is 28.4. The third-order valence-electron chi connectivity index (χ3n) is 7.82. The van der Waals surface area contributed by atoms with Crippen LogP contribution in [0.25, 0.3) is 0 Å². The lowest BCUT2D eigenvalue weighted by Gasteiger charge is -2.39. The zero-order chi connectivity index (χ0) is 38.6. The van der Waals surface area contributed by atoms with Gasteiger partial charge in [-0.15, -0.1) is 11.8 Å². The molecule has 51 heavy (non-hydrogen) atoms. The number of thioether (sulfide) groups is 1. The zero-order valence-electron chi connectivity index (χ0n) is 27.6. The van der Waals surface area contributed by atoms with E-state index in [1.54, 1.807) is 12.1 Å². The van der Waals surface area contributed by atoms with Gasteiger partial charge in [0.05, 0.1) is 12.2 Å². The fraction of sp³-hybridized carbons (Fsp3) is 0.618. The molecular weight excluding hydrogens is 735 g/mol. The number of unbranched alkanes of at least 4 members (excludes halogenated alkanes) is 10. The van der Waals surface area contributed by atoms with Gasteiger partial charge in [-0.2, -0.15) is 57.1 Å². The second-order valence-corrected chi connectivity index (χ2v) is 13.0. The summed E-state index contributed by atoms with van der Waals surface area (Å²) in [5.41, 5.74) is -0.0551. The number of alkyl halides is 13. The minimum atomic E-state index is -7.93. The van der Waals surface area contributed by atoms with Gasteiger partial charge in [0.2, 0.25) is 0 Å². The maximum absolute atomic E-state index is 14.0. The summed E-state index contributed by atoms with van der Waals surface area (Å²) >= 11 is 0.294. The number of carbonyl (C=O) groups excluding carboxylic acids is 1. The highest BCUT2D eigenvalue weighted by Crippen LogP contribution is 2.60. The van der Waals surface area contributed by atoms with Crippen molar-refractivity contribution in [1.82, 2.24) is 0 Å². The van der Waals surface area contributed by atoms with E-state index in [4.69, 9.17) is 9.47 Å². The van der Waals surface area contributed by atoms with Crippen molar-refractivity contribution in [2.75, 3.05) is 12.4 Å². The SMILES string of the molecule is CCCCCCCCCCCCCOc1ccc(OC(=O)c2ccc(SCCC(F)(F)C(F)(F)C(F)(F)C(F)(F)C(F)(F)C(F)(F)F)cc2)cc1. The molecular formula is C34H39F13O3S. The average Bonchev–Trinajstić information content (AvgIpc) is 3.05. The number of benzene rings is 2. The van der Waals surface area contributed by atoms with Crippen molar-refractivity contribution in [3.63, 3.8) is 0 Å². The molecule has 2 aromatic carbocycles. The maximum Gasteiger partial charge on any atom is 0.460 e. The summed E-state index contributed by atoms with van der Waals surface area (Å²) in [6, 6.07) is 10.7. The van der Waals surface area contributed by atoms with Gasteiger partial charge in [-0.1, -0.05) is 71.1 Å². The lowest BCUT2D eigenvalue weighted by Crippen LogP contribution is -2.70. The molecule has 0 spiro atoms. The second-order valence-electron chi connectivity index (χ2n) is 11.9. The van der Waals surface area contributed by atoms with E-state index in [0.29, 0.717) is 24.1 Å². The van der Waals surface area contributed by atoms with E-state index in [2.05, 4.69) is 6.92 Å². The minimum Gasteiger partial charge on any atom is -0.494 e. The molecule has 0 heterocycles. The smallest absolute Gasteiger partial charge is 0.460 e. The molecule has 0 amide bonds. The third-order valence-corrected chi connectivity index (χ3v) is 8.84. The first-order valence-electron chi connectivity index (χ1n) is 16.3. The van der Waals surface area contributed by atoms with Crippen LogP contribution in [0.1, 0.15) is 94.3 Å². The fourth-order valence-electron chi connectivity index (χ4n) is 4.67. The molecule has 0 aliphatic rings. The standard InChI is InChI=1S/C34H39F13O3S/c1-2-3-4-5-6-7-8-9-10-11-12-22-49-25-15-17-26(18-16-25)50-28(48)24-13-19-27(20-14-24)51-23-21-29(35,36)30(37,38)31(39,40)32(41,42)33(43,44)34(45,46)47/h13-20H,2-12,21-23H2,1H3. The number of carbonyl (C=O) groups is 1. The Morgan fingerprint density at radius 2 is 1.02 bits per heavy atom. The Labute approximate surface area is 291 Å². The Morgan fingerprint density at radius 3 is 1.51 bits per heavy atom. The van der Waals surface area contributed by atoms with E-state index in [0.717, 1.165) is 43.5 Å². The normalized spacial score (nSPS) is 13.4. The quantitative estimate of drug-likeness (QED) is 0.0370. The fourth-order valence-corrected chi connectivity index (χ4v) is 5.59. The maximum atomic E-state index is 14.0. The van der Waals surface area contributed by atoms with Gasteiger partial charge in [0.25, 0.3) is 0 Å². The van der Waals surface area contributed by atoms with Gasteiger partial charge < -0.3 is 9.47 Å². The summed E-state index contributed by atoms with van der Waals surface area (Å²) in [7, 11) is 0. The van der Waals surface area contributed by atoms with Crippen LogP contribution in [0, 0.1) is 0 Å². The lowest BCUT2D eigenvalue weighted by molar-refractivity contribution is -0.439. The van der Waals surface area contributed by atoms with Crippen molar-refractivity contribution >= 4 is 17.7 Å². The van der Waals surface area contributed by atoms with Crippen molar-refractivity contribution in [2.24, 2.45) is 0 Å². The van der Waals surface area contributed by atoms with E-state index < -0.39 is 53.9 Å². The van der Waals surface area contributed by atoms with Crippen molar-refractivity contribution in [3.8, 4) is 11.5 Å². The lowest BCUT2D eigenvalue weighted by atomic mass is 9.93. The van der Waals surface area contributed by atoms with Gasteiger partial charge in [0, 0.05) is 17.1 Å². The predicted molar refractivity (Wildman–Crippen MR) is 166 cm³/mol. The second kappa shape index (κ2) is 18.8. The molecule has 0 bridgehead atoms. The highest BCUT2D eigenvalue weighted by atomic mass is 32.2. The van der Waals surface area contributed by atoms with E-state index in [1.165, 1.54) is 63.5 Å². The molecule has 0 aliphatic heterocycles. The Morgan fingerprint density at radius 1 is 0.569 bits per heavy atom. The first kappa shape index (κ1) is 44.3. The molecule has 0 atom stereocenters. The molecule has 0 unspecified atom stereocenters. The molecule has 2 rings (SSSR count). The third kappa shape index (κ3) is 11.6. The molecule has 290 valence electrons. The summed E-state index contributed by atoms with van der Waals surface area (Å²) < 4.78 is 183. The number of hydrogen-bond donors (Lipinski definition) is 0. The topological polar surface area (TPSA) is 35.5 Å². The highest BCUT2D eigenvalue weighted by molar-refractivity contribution is 7.99. The van der Waals surface area contributed by atoms with Crippen LogP contribution >= 0.6 is 11.8 Å². The van der Waals surface area contributed by atoms with E-state index in [-0.39, 0.29) is 16.2 Å². The molecule has 0 fully saturated rings. The minimum absolute atomic E-state index is 0.00864. The first-order chi connectivity index (χ1) is 23.6. The summed E-state index contributed by atoms with van der Waals surface area (Å²) in [6.45, 7) is 2.71. The summed E-state index contributed by atoms with van der Waals surface area (Å²) in [5, 5.41) is 0. The molecule has 0 aliphatic carbocycles. The van der Waals surface area contributed by atoms with Crippen LogP contribution in [0.4, 0.5) is 57.1 Å². The molecule has 0 saturated carbocycles. The number of esters is 1. The summed E-state index contributed by atoms with van der Waals surface area (Å²) in [4.78, 5) is 12.5. The predicted octanol–water partition coefficient (Wildman–Crippen LogP) is 12.8. The number of rotatable bonds is 23. The van der Waals surface area contributed by atoms with E-state index in [1.807, 2.05) is 0 Å². The van der Waals surface area contributed by atoms with Gasteiger partial charge >= 0.3 is 41.8 Å². The summed E-state index contributed by atoms with van der Waals surface area (Å²) in [5.74, 6) is -38.3. The van der Waals surface area contributed by atoms with Crippen LogP contribution in [-0.2, 0) is 0 Å². The van der Waals surface area contributed by atoms with Gasteiger partial charge in [-0.05, 0) is 55.0 Å². The monoisotopic (exact) mass is 774 g/mol. The van der Waals surface area contributed by atoms with E-state index in [9.17, 15) is 61.9 Å².